The number of hydrogen-bond donors (Lipinski definition) is 0. The molecule has 1 aromatic rings. The van der Waals surface area contributed by atoms with E-state index < -0.39 is 0 Å². The molecule has 0 radical (unpaired) electrons. The van der Waals surface area contributed by atoms with Crippen LogP contribution in [0.5, 0.6) is 0 Å². The number of pyridine rings is 1. The normalized spacial score (nSPS) is 16.7. The van der Waals surface area contributed by atoms with Crippen molar-refractivity contribution in [1.29, 1.82) is 0 Å². The molecule has 1 saturated heterocycles. The van der Waals surface area contributed by atoms with Gasteiger partial charge in [0.15, 0.2) is 0 Å². The number of piperidine rings is 1. The lowest BCUT2D eigenvalue weighted by Crippen LogP contribution is -2.43. The van der Waals surface area contributed by atoms with E-state index in [1.165, 1.54) is 0 Å². The number of nitrogens with zero attached hydrogens (tertiary/aromatic N) is 3. The van der Waals surface area contributed by atoms with Crippen LogP contribution in [0.4, 0.5) is 4.79 Å². The fraction of sp³-hybridized carbons (Fsp3) is 0.588. The molecule has 6 heteroatoms. The van der Waals surface area contributed by atoms with E-state index in [9.17, 15) is 9.59 Å². The van der Waals surface area contributed by atoms with Gasteiger partial charge >= 0.3 is 6.09 Å². The van der Waals surface area contributed by atoms with Crippen LogP contribution in [0.15, 0.2) is 29.4 Å². The van der Waals surface area contributed by atoms with E-state index >= 15 is 0 Å². The third-order valence-corrected chi connectivity index (χ3v) is 3.84. The number of carbonyl (C=O) groups is 2. The van der Waals surface area contributed by atoms with Gasteiger partial charge < -0.3 is 9.64 Å². The number of likely N-dealkylation sites (tertiary alicyclic amines) is 1. The van der Waals surface area contributed by atoms with Crippen LogP contribution in [0.1, 0.15) is 38.4 Å². The lowest BCUT2D eigenvalue weighted by atomic mass is 9.96. The molecule has 0 aromatic carbocycles. The molecule has 2 heterocycles. The first-order valence-corrected chi connectivity index (χ1v) is 8.20. The SMILES string of the molecule is CCOC(=O)N1CCC(C(=O)n2ccccc2=NC(C)C)CC1. The fourth-order valence-corrected chi connectivity index (χ4v) is 2.71. The molecule has 126 valence electrons. The fourth-order valence-electron chi connectivity index (χ4n) is 2.71. The Morgan fingerprint density at radius 3 is 2.61 bits per heavy atom. The van der Waals surface area contributed by atoms with Gasteiger partial charge in [-0.15, -0.1) is 0 Å². The molecule has 23 heavy (non-hydrogen) atoms. The predicted molar refractivity (Wildman–Crippen MR) is 87.1 cm³/mol. The Morgan fingerprint density at radius 1 is 1.30 bits per heavy atom. The number of rotatable bonds is 3. The summed E-state index contributed by atoms with van der Waals surface area (Å²) in [5.41, 5.74) is 0.681. The minimum Gasteiger partial charge on any atom is -0.450 e. The van der Waals surface area contributed by atoms with Crippen LogP contribution in [0, 0.1) is 5.92 Å². The molecule has 1 aliphatic heterocycles. The molecule has 2 rings (SSSR count). The largest absolute Gasteiger partial charge is 0.450 e. The maximum absolute atomic E-state index is 12.8. The van der Waals surface area contributed by atoms with Crippen molar-refractivity contribution in [1.82, 2.24) is 9.47 Å². The zero-order chi connectivity index (χ0) is 16.8. The predicted octanol–water partition coefficient (Wildman–Crippen LogP) is 2.31. The lowest BCUT2D eigenvalue weighted by Gasteiger charge is -2.30. The molecular formula is C17H25N3O3. The van der Waals surface area contributed by atoms with Crippen molar-refractivity contribution in [2.45, 2.75) is 39.7 Å². The highest BCUT2D eigenvalue weighted by molar-refractivity contribution is 5.81. The highest BCUT2D eigenvalue weighted by Crippen LogP contribution is 2.19. The summed E-state index contributed by atoms with van der Waals surface area (Å²) in [6.07, 6.45) is 2.78. The zero-order valence-corrected chi connectivity index (χ0v) is 14.1. The first-order chi connectivity index (χ1) is 11.0. The number of ether oxygens (including phenoxy) is 1. The third-order valence-electron chi connectivity index (χ3n) is 3.84. The van der Waals surface area contributed by atoms with Crippen molar-refractivity contribution >= 4 is 12.0 Å². The minimum atomic E-state index is -0.291. The van der Waals surface area contributed by atoms with E-state index in [0.29, 0.717) is 38.0 Å². The molecule has 0 atom stereocenters. The van der Waals surface area contributed by atoms with Gasteiger partial charge in [0.05, 0.1) is 6.61 Å². The van der Waals surface area contributed by atoms with E-state index in [1.807, 2.05) is 32.0 Å². The summed E-state index contributed by atoms with van der Waals surface area (Å²) in [6.45, 7) is 7.25. The van der Waals surface area contributed by atoms with Crippen molar-refractivity contribution < 1.29 is 14.3 Å². The van der Waals surface area contributed by atoms with Gasteiger partial charge in [-0.3, -0.25) is 14.4 Å². The Morgan fingerprint density at radius 2 is 2.00 bits per heavy atom. The average Bonchev–Trinajstić information content (AvgIpc) is 2.54. The molecule has 0 unspecified atom stereocenters. The number of hydrogen-bond acceptors (Lipinski definition) is 4. The summed E-state index contributed by atoms with van der Waals surface area (Å²) in [7, 11) is 0. The minimum absolute atomic E-state index is 0.0495. The van der Waals surface area contributed by atoms with Gasteiger partial charge in [-0.05, 0) is 45.7 Å². The summed E-state index contributed by atoms with van der Waals surface area (Å²) < 4.78 is 6.64. The number of amides is 1. The molecule has 0 saturated carbocycles. The van der Waals surface area contributed by atoms with Crippen molar-refractivity contribution in [3.8, 4) is 0 Å². The maximum Gasteiger partial charge on any atom is 0.409 e. The monoisotopic (exact) mass is 319 g/mol. The van der Waals surface area contributed by atoms with Gasteiger partial charge in [0.25, 0.3) is 0 Å². The molecule has 1 aromatic heterocycles. The number of carbonyl (C=O) groups excluding carboxylic acids is 2. The summed E-state index contributed by atoms with van der Waals surface area (Å²) in [4.78, 5) is 30.7. The summed E-state index contributed by atoms with van der Waals surface area (Å²) in [6, 6.07) is 5.70. The smallest absolute Gasteiger partial charge is 0.409 e. The van der Waals surface area contributed by atoms with Crippen LogP contribution in [-0.2, 0) is 4.74 Å². The summed E-state index contributed by atoms with van der Waals surface area (Å²) in [5.74, 6) is -0.0392. The Balaban J connectivity index is 2.08. The van der Waals surface area contributed by atoms with Crippen molar-refractivity contribution in [3.63, 3.8) is 0 Å². The van der Waals surface area contributed by atoms with Crippen molar-refractivity contribution in [3.05, 3.63) is 29.9 Å². The molecule has 0 spiro atoms. The van der Waals surface area contributed by atoms with Gasteiger partial charge in [-0.2, -0.15) is 0 Å². The molecular weight excluding hydrogens is 294 g/mol. The van der Waals surface area contributed by atoms with Gasteiger partial charge in [0.1, 0.15) is 5.49 Å². The third kappa shape index (κ3) is 4.43. The van der Waals surface area contributed by atoms with Gasteiger partial charge in [-0.1, -0.05) is 6.07 Å². The summed E-state index contributed by atoms with van der Waals surface area (Å²) >= 11 is 0. The molecule has 0 bridgehead atoms. The Hall–Kier alpha value is -2.11. The van der Waals surface area contributed by atoms with Gasteiger partial charge in [0, 0.05) is 31.2 Å². The van der Waals surface area contributed by atoms with Crippen molar-refractivity contribution in [2.24, 2.45) is 10.9 Å². The average molecular weight is 319 g/mol. The van der Waals surface area contributed by atoms with E-state index in [-0.39, 0.29) is 24.0 Å². The molecule has 1 fully saturated rings. The zero-order valence-electron chi connectivity index (χ0n) is 14.1. The standard InChI is InChI=1S/C17H25N3O3/c1-4-23-17(22)19-11-8-14(9-12-19)16(21)20-10-6-5-7-15(20)18-13(2)3/h5-7,10,13-14H,4,8-9,11-12H2,1-3H3. The second-order valence-electron chi connectivity index (χ2n) is 5.95. The highest BCUT2D eigenvalue weighted by Gasteiger charge is 2.28. The van der Waals surface area contributed by atoms with Crippen LogP contribution in [-0.4, -0.2) is 47.2 Å². The van der Waals surface area contributed by atoms with Crippen LogP contribution in [0.25, 0.3) is 0 Å². The molecule has 6 nitrogen and oxygen atoms in total. The second-order valence-corrected chi connectivity index (χ2v) is 5.95. The van der Waals surface area contributed by atoms with Crippen molar-refractivity contribution in [2.75, 3.05) is 19.7 Å². The second kappa shape index (κ2) is 7.94. The van der Waals surface area contributed by atoms with Crippen LogP contribution in [0.2, 0.25) is 0 Å². The van der Waals surface area contributed by atoms with Gasteiger partial charge in [0.2, 0.25) is 5.91 Å². The van der Waals surface area contributed by atoms with E-state index in [2.05, 4.69) is 4.99 Å². The number of aromatic nitrogens is 1. The highest BCUT2D eigenvalue weighted by atomic mass is 16.6. The van der Waals surface area contributed by atoms with Crippen LogP contribution < -0.4 is 5.49 Å². The lowest BCUT2D eigenvalue weighted by molar-refractivity contribution is 0.0684. The van der Waals surface area contributed by atoms with E-state index in [1.54, 1.807) is 22.6 Å². The molecule has 1 aliphatic rings. The van der Waals surface area contributed by atoms with Crippen LogP contribution >= 0.6 is 0 Å². The molecule has 0 aliphatic carbocycles. The Labute approximate surface area is 136 Å². The van der Waals surface area contributed by atoms with Crippen LogP contribution in [0.3, 0.4) is 0 Å². The molecule has 0 N–H and O–H groups in total. The van der Waals surface area contributed by atoms with E-state index in [0.717, 1.165) is 0 Å². The molecule has 1 amide bonds. The quantitative estimate of drug-likeness (QED) is 0.859. The topological polar surface area (TPSA) is 63.9 Å². The first-order valence-electron chi connectivity index (χ1n) is 8.20. The Kier molecular flexibility index (Phi) is 5.96. The first kappa shape index (κ1) is 17.2. The van der Waals surface area contributed by atoms with E-state index in [4.69, 9.17) is 4.74 Å². The summed E-state index contributed by atoms with van der Waals surface area (Å²) in [5, 5.41) is 0. The maximum atomic E-state index is 12.8. The van der Waals surface area contributed by atoms with Gasteiger partial charge in [-0.25, -0.2) is 4.79 Å². The Bertz CT molecular complexity index is 614.